The summed E-state index contributed by atoms with van der Waals surface area (Å²) in [6.45, 7) is 1.89. The largest absolute Gasteiger partial charge is 0.481 e. The lowest BCUT2D eigenvalue weighted by atomic mass is 10.00. The van der Waals surface area contributed by atoms with Crippen LogP contribution in [-0.4, -0.2) is 11.1 Å². The van der Waals surface area contributed by atoms with Crippen molar-refractivity contribution in [2.45, 2.75) is 26.2 Å². The van der Waals surface area contributed by atoms with Crippen molar-refractivity contribution in [3.8, 4) is 6.07 Å². The lowest BCUT2D eigenvalue weighted by Crippen LogP contribution is -2.05. The second kappa shape index (κ2) is 4.80. The molecule has 0 rings (SSSR count). The third kappa shape index (κ3) is 3.90. The Labute approximate surface area is 60.3 Å². The molecule has 1 N–H and O–H groups in total. The van der Waals surface area contributed by atoms with Crippen LogP contribution in [0.2, 0.25) is 0 Å². The average molecular weight is 141 g/mol. The maximum absolute atomic E-state index is 10.1. The minimum Gasteiger partial charge on any atom is -0.481 e. The van der Waals surface area contributed by atoms with Crippen molar-refractivity contribution in [1.29, 1.82) is 5.26 Å². The fourth-order valence-electron chi connectivity index (χ4n) is 0.737. The third-order valence-corrected chi connectivity index (χ3v) is 1.42. The van der Waals surface area contributed by atoms with Crippen LogP contribution in [0.15, 0.2) is 0 Å². The minimum absolute atomic E-state index is 0.0301. The summed E-state index contributed by atoms with van der Waals surface area (Å²) in [4.78, 5) is 10.1. The fourth-order valence-corrected chi connectivity index (χ4v) is 0.737. The molecule has 56 valence electrons. The van der Waals surface area contributed by atoms with Crippen LogP contribution in [0.5, 0.6) is 0 Å². The van der Waals surface area contributed by atoms with Gasteiger partial charge in [-0.1, -0.05) is 13.3 Å². The maximum Gasteiger partial charge on any atom is 0.303 e. The van der Waals surface area contributed by atoms with Gasteiger partial charge in [0.1, 0.15) is 0 Å². The summed E-state index contributed by atoms with van der Waals surface area (Å²) in [7, 11) is 0. The van der Waals surface area contributed by atoms with Crippen molar-refractivity contribution < 1.29 is 9.90 Å². The third-order valence-electron chi connectivity index (χ3n) is 1.42. The quantitative estimate of drug-likeness (QED) is 0.643. The van der Waals surface area contributed by atoms with Gasteiger partial charge < -0.3 is 5.11 Å². The van der Waals surface area contributed by atoms with Crippen molar-refractivity contribution >= 4 is 5.97 Å². The van der Waals surface area contributed by atoms with E-state index in [2.05, 4.69) is 0 Å². The van der Waals surface area contributed by atoms with E-state index in [1.807, 2.05) is 13.0 Å². The lowest BCUT2D eigenvalue weighted by molar-refractivity contribution is -0.138. The summed E-state index contributed by atoms with van der Waals surface area (Å²) >= 11 is 0. The standard InChI is InChI=1S/C7H11NO2/c1-2-6(3-4-8)5-7(9)10/h6H,2-3,5H2,1H3,(H,9,10)/t6-/m0/s1. The number of nitriles is 1. The van der Waals surface area contributed by atoms with Gasteiger partial charge in [0.25, 0.3) is 0 Å². The zero-order valence-electron chi connectivity index (χ0n) is 6.00. The molecule has 0 aromatic rings. The molecular weight excluding hydrogens is 130 g/mol. The van der Waals surface area contributed by atoms with E-state index in [4.69, 9.17) is 10.4 Å². The molecule has 1 atom stereocenters. The van der Waals surface area contributed by atoms with Crippen LogP contribution in [-0.2, 0) is 4.79 Å². The highest BCUT2D eigenvalue weighted by atomic mass is 16.4. The minimum atomic E-state index is -0.817. The van der Waals surface area contributed by atoms with Crippen LogP contribution in [0.3, 0.4) is 0 Å². The summed E-state index contributed by atoms with van der Waals surface area (Å²) in [5, 5.41) is 16.6. The fraction of sp³-hybridized carbons (Fsp3) is 0.714. The summed E-state index contributed by atoms with van der Waals surface area (Å²) in [6.07, 6.45) is 1.23. The topological polar surface area (TPSA) is 61.1 Å². The van der Waals surface area contributed by atoms with Crippen LogP contribution < -0.4 is 0 Å². The molecule has 10 heavy (non-hydrogen) atoms. The number of carboxylic acids is 1. The number of aliphatic carboxylic acids is 1. The predicted octanol–water partition coefficient (Wildman–Crippen LogP) is 1.40. The monoisotopic (exact) mass is 141 g/mol. The van der Waals surface area contributed by atoms with E-state index in [9.17, 15) is 4.79 Å². The highest BCUT2D eigenvalue weighted by Crippen LogP contribution is 2.11. The van der Waals surface area contributed by atoms with E-state index in [0.29, 0.717) is 6.42 Å². The van der Waals surface area contributed by atoms with Crippen molar-refractivity contribution in [3.63, 3.8) is 0 Å². The molecule has 0 fully saturated rings. The normalized spacial score (nSPS) is 12.0. The van der Waals surface area contributed by atoms with E-state index in [1.165, 1.54) is 0 Å². The maximum atomic E-state index is 10.1. The Balaban J connectivity index is 3.62. The van der Waals surface area contributed by atoms with Gasteiger partial charge in [0.05, 0.1) is 6.07 Å². The van der Waals surface area contributed by atoms with E-state index in [-0.39, 0.29) is 12.3 Å². The van der Waals surface area contributed by atoms with Gasteiger partial charge >= 0.3 is 5.97 Å². The molecule has 0 amide bonds. The second-order valence-electron chi connectivity index (χ2n) is 2.23. The molecule has 0 heterocycles. The number of rotatable bonds is 4. The summed E-state index contributed by atoms with van der Waals surface area (Å²) in [5.41, 5.74) is 0. The Kier molecular flexibility index (Phi) is 4.30. The molecule has 3 nitrogen and oxygen atoms in total. The SMILES string of the molecule is CC[C@@H](CC#N)CC(=O)O. The van der Waals surface area contributed by atoms with Gasteiger partial charge in [0.15, 0.2) is 0 Å². The summed E-state index contributed by atoms with van der Waals surface area (Å²) in [6, 6.07) is 1.96. The van der Waals surface area contributed by atoms with Crippen LogP contribution in [0, 0.1) is 17.2 Å². The van der Waals surface area contributed by atoms with E-state index >= 15 is 0 Å². The Morgan fingerprint density at radius 2 is 2.40 bits per heavy atom. The van der Waals surface area contributed by atoms with E-state index < -0.39 is 5.97 Å². The highest BCUT2D eigenvalue weighted by molar-refractivity contribution is 5.67. The first-order valence-electron chi connectivity index (χ1n) is 3.29. The zero-order chi connectivity index (χ0) is 7.98. The van der Waals surface area contributed by atoms with E-state index in [1.54, 1.807) is 0 Å². The smallest absolute Gasteiger partial charge is 0.303 e. The van der Waals surface area contributed by atoms with Gasteiger partial charge in [0, 0.05) is 12.8 Å². The molecular formula is C7H11NO2. The van der Waals surface area contributed by atoms with Crippen LogP contribution in [0.4, 0.5) is 0 Å². The molecule has 0 aliphatic heterocycles. The van der Waals surface area contributed by atoms with Gasteiger partial charge in [-0.25, -0.2) is 0 Å². The lowest BCUT2D eigenvalue weighted by Gasteiger charge is -2.04. The average Bonchev–Trinajstić information content (AvgIpc) is 1.86. The first kappa shape index (κ1) is 8.96. The number of nitrogens with zero attached hydrogens (tertiary/aromatic N) is 1. The van der Waals surface area contributed by atoms with Crippen LogP contribution >= 0.6 is 0 Å². The van der Waals surface area contributed by atoms with Crippen molar-refractivity contribution in [1.82, 2.24) is 0 Å². The molecule has 0 unspecified atom stereocenters. The number of carbonyl (C=O) groups is 1. The zero-order valence-corrected chi connectivity index (χ0v) is 6.00. The van der Waals surface area contributed by atoms with Crippen LogP contribution in [0.25, 0.3) is 0 Å². The molecule has 0 aliphatic rings. The Hall–Kier alpha value is -1.04. The summed E-state index contributed by atoms with van der Waals surface area (Å²) < 4.78 is 0. The molecule has 0 aromatic carbocycles. The van der Waals surface area contributed by atoms with Gasteiger partial charge in [0.2, 0.25) is 0 Å². The molecule has 0 aliphatic carbocycles. The van der Waals surface area contributed by atoms with Gasteiger partial charge in [-0.3, -0.25) is 4.79 Å². The Bertz CT molecular complexity index is 148. The molecule has 0 aromatic heterocycles. The molecule has 0 bridgehead atoms. The van der Waals surface area contributed by atoms with Gasteiger partial charge in [-0.15, -0.1) is 0 Å². The van der Waals surface area contributed by atoms with Crippen molar-refractivity contribution in [2.75, 3.05) is 0 Å². The number of carboxylic acid groups (broad SMARTS) is 1. The first-order chi connectivity index (χ1) is 4.70. The Morgan fingerprint density at radius 1 is 1.80 bits per heavy atom. The second-order valence-corrected chi connectivity index (χ2v) is 2.23. The number of hydrogen-bond acceptors (Lipinski definition) is 2. The highest BCUT2D eigenvalue weighted by Gasteiger charge is 2.09. The molecule has 0 saturated heterocycles. The van der Waals surface area contributed by atoms with Gasteiger partial charge in [-0.2, -0.15) is 5.26 Å². The molecule has 0 saturated carbocycles. The van der Waals surface area contributed by atoms with Crippen molar-refractivity contribution in [2.24, 2.45) is 5.92 Å². The van der Waals surface area contributed by atoms with E-state index in [0.717, 1.165) is 6.42 Å². The van der Waals surface area contributed by atoms with Crippen molar-refractivity contribution in [3.05, 3.63) is 0 Å². The Morgan fingerprint density at radius 3 is 2.70 bits per heavy atom. The predicted molar refractivity (Wildman–Crippen MR) is 36.3 cm³/mol. The first-order valence-corrected chi connectivity index (χ1v) is 3.29. The van der Waals surface area contributed by atoms with Crippen LogP contribution in [0.1, 0.15) is 26.2 Å². The molecule has 0 spiro atoms. The molecule has 0 radical (unpaired) electrons. The van der Waals surface area contributed by atoms with Gasteiger partial charge in [-0.05, 0) is 5.92 Å². The molecule has 3 heteroatoms. The summed E-state index contributed by atoms with van der Waals surface area (Å²) in [5.74, 6) is -0.787. The number of hydrogen-bond donors (Lipinski definition) is 1.